The van der Waals surface area contributed by atoms with Crippen LogP contribution in [-0.4, -0.2) is 29.1 Å². The molecule has 0 aromatic heterocycles. The summed E-state index contributed by atoms with van der Waals surface area (Å²) in [4.78, 5) is 12.9. The van der Waals surface area contributed by atoms with E-state index < -0.39 is 5.97 Å². The van der Waals surface area contributed by atoms with Gasteiger partial charge in [-0.15, -0.1) is 0 Å². The molecule has 0 atom stereocenters. The Morgan fingerprint density at radius 2 is 2.00 bits per heavy atom. The van der Waals surface area contributed by atoms with Gasteiger partial charge in [0, 0.05) is 13.1 Å². The largest absolute Gasteiger partial charge is 0.478 e. The van der Waals surface area contributed by atoms with E-state index in [4.69, 9.17) is 5.11 Å². The molecule has 1 N–H and O–H groups in total. The second kappa shape index (κ2) is 5.34. The van der Waals surface area contributed by atoms with E-state index in [0.29, 0.717) is 5.56 Å². The van der Waals surface area contributed by atoms with Crippen molar-refractivity contribution < 1.29 is 9.90 Å². The van der Waals surface area contributed by atoms with Crippen molar-refractivity contribution in [1.29, 1.82) is 0 Å². The number of hydrogen-bond acceptors (Lipinski definition) is 2. The molecule has 1 aromatic rings. The van der Waals surface area contributed by atoms with E-state index in [0.717, 1.165) is 25.1 Å². The SMILES string of the molecule is O=C(O)c1ccc(CCN2C=CC=CC2)cc1. The van der Waals surface area contributed by atoms with Crippen molar-refractivity contribution >= 4 is 5.97 Å². The number of carbonyl (C=O) groups is 1. The summed E-state index contributed by atoms with van der Waals surface area (Å²) >= 11 is 0. The first-order chi connectivity index (χ1) is 8.25. The van der Waals surface area contributed by atoms with Gasteiger partial charge in [0.2, 0.25) is 0 Å². The fourth-order valence-electron chi connectivity index (χ4n) is 1.76. The van der Waals surface area contributed by atoms with Crippen LogP contribution in [-0.2, 0) is 6.42 Å². The second-order valence-corrected chi connectivity index (χ2v) is 4.02. The van der Waals surface area contributed by atoms with Gasteiger partial charge in [0.15, 0.2) is 0 Å². The monoisotopic (exact) mass is 229 g/mol. The van der Waals surface area contributed by atoms with Crippen LogP contribution < -0.4 is 0 Å². The number of hydrogen-bond donors (Lipinski definition) is 1. The van der Waals surface area contributed by atoms with E-state index in [1.807, 2.05) is 24.3 Å². The van der Waals surface area contributed by atoms with E-state index in [1.165, 1.54) is 0 Å². The van der Waals surface area contributed by atoms with Crippen molar-refractivity contribution in [1.82, 2.24) is 4.90 Å². The summed E-state index contributed by atoms with van der Waals surface area (Å²) in [5.74, 6) is -0.874. The maximum absolute atomic E-state index is 10.7. The van der Waals surface area contributed by atoms with Crippen LogP contribution in [0.25, 0.3) is 0 Å². The number of rotatable bonds is 4. The first-order valence-corrected chi connectivity index (χ1v) is 5.65. The van der Waals surface area contributed by atoms with Gasteiger partial charge in [-0.3, -0.25) is 0 Å². The minimum absolute atomic E-state index is 0.342. The minimum Gasteiger partial charge on any atom is -0.478 e. The van der Waals surface area contributed by atoms with Gasteiger partial charge in [-0.1, -0.05) is 24.3 Å². The molecule has 17 heavy (non-hydrogen) atoms. The van der Waals surface area contributed by atoms with Crippen LogP contribution in [0.4, 0.5) is 0 Å². The van der Waals surface area contributed by atoms with Gasteiger partial charge in [0.25, 0.3) is 0 Å². The highest BCUT2D eigenvalue weighted by molar-refractivity contribution is 5.87. The first kappa shape index (κ1) is 11.5. The molecule has 1 aliphatic rings. The Labute approximate surface area is 101 Å². The molecule has 88 valence electrons. The lowest BCUT2D eigenvalue weighted by atomic mass is 10.1. The Bertz CT molecular complexity index is 446. The molecule has 1 heterocycles. The van der Waals surface area contributed by atoms with Crippen molar-refractivity contribution in [3.63, 3.8) is 0 Å². The molecule has 0 amide bonds. The third-order valence-corrected chi connectivity index (χ3v) is 2.77. The lowest BCUT2D eigenvalue weighted by Gasteiger charge is -2.20. The lowest BCUT2D eigenvalue weighted by Crippen LogP contribution is -2.21. The van der Waals surface area contributed by atoms with Gasteiger partial charge in [-0.2, -0.15) is 0 Å². The van der Waals surface area contributed by atoms with Crippen LogP contribution in [0.1, 0.15) is 15.9 Å². The Morgan fingerprint density at radius 3 is 2.59 bits per heavy atom. The van der Waals surface area contributed by atoms with Crippen LogP contribution in [0, 0.1) is 0 Å². The standard InChI is InChI=1S/C14H15NO2/c16-14(17)13-6-4-12(5-7-13)8-11-15-9-2-1-3-10-15/h1-7,9H,8,10-11H2,(H,16,17). The molecule has 0 radical (unpaired) electrons. The van der Waals surface area contributed by atoms with E-state index in [1.54, 1.807) is 12.1 Å². The predicted molar refractivity (Wildman–Crippen MR) is 67.0 cm³/mol. The molecular weight excluding hydrogens is 214 g/mol. The Hall–Kier alpha value is -2.03. The van der Waals surface area contributed by atoms with Gasteiger partial charge in [0.1, 0.15) is 0 Å². The van der Waals surface area contributed by atoms with Crippen LogP contribution in [0.2, 0.25) is 0 Å². The zero-order valence-corrected chi connectivity index (χ0v) is 9.54. The highest BCUT2D eigenvalue weighted by atomic mass is 16.4. The summed E-state index contributed by atoms with van der Waals surface area (Å²) in [6.45, 7) is 1.90. The molecule has 0 fully saturated rings. The lowest BCUT2D eigenvalue weighted by molar-refractivity contribution is 0.0697. The maximum Gasteiger partial charge on any atom is 0.335 e. The fourth-order valence-corrected chi connectivity index (χ4v) is 1.76. The van der Waals surface area contributed by atoms with E-state index in [2.05, 4.69) is 17.2 Å². The molecule has 0 bridgehead atoms. The third-order valence-electron chi connectivity index (χ3n) is 2.77. The molecule has 1 aliphatic heterocycles. The Morgan fingerprint density at radius 1 is 1.24 bits per heavy atom. The summed E-state index contributed by atoms with van der Waals surface area (Å²) in [6.07, 6.45) is 9.19. The molecule has 3 nitrogen and oxygen atoms in total. The third kappa shape index (κ3) is 3.21. The zero-order valence-electron chi connectivity index (χ0n) is 9.54. The average molecular weight is 229 g/mol. The van der Waals surface area contributed by atoms with Crippen molar-refractivity contribution in [2.24, 2.45) is 0 Å². The van der Waals surface area contributed by atoms with Crippen molar-refractivity contribution in [2.45, 2.75) is 6.42 Å². The van der Waals surface area contributed by atoms with Crippen LogP contribution in [0.15, 0.2) is 48.7 Å². The van der Waals surface area contributed by atoms with Crippen molar-refractivity contribution in [3.8, 4) is 0 Å². The molecule has 0 saturated carbocycles. The Balaban J connectivity index is 1.88. The van der Waals surface area contributed by atoms with Gasteiger partial charge in [-0.05, 0) is 36.4 Å². The number of nitrogens with zero attached hydrogens (tertiary/aromatic N) is 1. The summed E-state index contributed by atoms with van der Waals surface area (Å²) in [5, 5.41) is 8.78. The highest BCUT2D eigenvalue weighted by Gasteiger charge is 2.03. The van der Waals surface area contributed by atoms with Crippen LogP contribution in [0.3, 0.4) is 0 Å². The van der Waals surface area contributed by atoms with Gasteiger partial charge in [-0.25, -0.2) is 4.79 Å². The number of aromatic carboxylic acids is 1. The molecule has 0 unspecified atom stereocenters. The molecule has 3 heteroatoms. The Kier molecular flexibility index (Phi) is 3.60. The van der Waals surface area contributed by atoms with Crippen molar-refractivity contribution in [3.05, 3.63) is 59.8 Å². The van der Waals surface area contributed by atoms with Gasteiger partial charge >= 0.3 is 5.97 Å². The molecular formula is C14H15NO2. The molecule has 0 saturated heterocycles. The topological polar surface area (TPSA) is 40.5 Å². The summed E-state index contributed by atoms with van der Waals surface area (Å²) < 4.78 is 0. The molecule has 1 aromatic carbocycles. The van der Waals surface area contributed by atoms with E-state index >= 15 is 0 Å². The number of allylic oxidation sites excluding steroid dienone is 2. The number of carboxylic acid groups (broad SMARTS) is 1. The molecule has 0 spiro atoms. The smallest absolute Gasteiger partial charge is 0.335 e. The fraction of sp³-hybridized carbons (Fsp3) is 0.214. The molecule has 2 rings (SSSR count). The number of carboxylic acids is 1. The average Bonchev–Trinajstić information content (AvgIpc) is 2.38. The summed E-state index contributed by atoms with van der Waals surface area (Å²) in [6, 6.07) is 7.08. The maximum atomic E-state index is 10.7. The van der Waals surface area contributed by atoms with Gasteiger partial charge in [0.05, 0.1) is 5.56 Å². The zero-order chi connectivity index (χ0) is 12.1. The molecule has 0 aliphatic carbocycles. The van der Waals surface area contributed by atoms with Crippen LogP contribution >= 0.6 is 0 Å². The predicted octanol–water partition coefficient (Wildman–Crippen LogP) is 2.31. The summed E-state index contributed by atoms with van der Waals surface area (Å²) in [5.41, 5.74) is 1.51. The minimum atomic E-state index is -0.874. The van der Waals surface area contributed by atoms with Crippen molar-refractivity contribution in [2.75, 3.05) is 13.1 Å². The van der Waals surface area contributed by atoms with Crippen LogP contribution in [0.5, 0.6) is 0 Å². The van der Waals surface area contributed by atoms with Gasteiger partial charge < -0.3 is 10.0 Å². The normalized spacial score (nSPS) is 14.0. The highest BCUT2D eigenvalue weighted by Crippen LogP contribution is 2.07. The van der Waals surface area contributed by atoms with E-state index in [-0.39, 0.29) is 0 Å². The number of benzene rings is 1. The second-order valence-electron chi connectivity index (χ2n) is 4.02. The first-order valence-electron chi connectivity index (χ1n) is 5.65. The quantitative estimate of drug-likeness (QED) is 0.861. The van der Waals surface area contributed by atoms with E-state index in [9.17, 15) is 4.79 Å². The summed E-state index contributed by atoms with van der Waals surface area (Å²) in [7, 11) is 0.